The number of hydrogen-bond donors (Lipinski definition) is 1. The van der Waals surface area contributed by atoms with E-state index in [1.807, 2.05) is 0 Å². The molecule has 22 heavy (non-hydrogen) atoms. The average molecular weight is 334 g/mol. The number of rotatable bonds is 3. The van der Waals surface area contributed by atoms with Crippen LogP contribution in [0.25, 0.3) is 0 Å². The van der Waals surface area contributed by atoms with Crippen molar-refractivity contribution < 1.29 is 27.9 Å². The third-order valence-electron chi connectivity index (χ3n) is 2.62. The second kappa shape index (κ2) is 5.72. The summed E-state index contributed by atoms with van der Waals surface area (Å²) < 4.78 is 42.7. The topological polar surface area (TPSA) is 72.6 Å². The summed E-state index contributed by atoms with van der Waals surface area (Å²) in [6, 6.07) is 5.37. The van der Waals surface area contributed by atoms with E-state index in [4.69, 9.17) is 16.3 Å². The number of aromatic hydroxyl groups is 1. The zero-order valence-electron chi connectivity index (χ0n) is 10.6. The maximum absolute atomic E-state index is 12.5. The Morgan fingerprint density at radius 1 is 1.14 bits per heavy atom. The van der Waals surface area contributed by atoms with Crippen molar-refractivity contribution in [1.82, 2.24) is 0 Å². The third kappa shape index (κ3) is 3.40. The number of nitrogens with zero attached hydrogens (tertiary/aromatic N) is 1. The first kappa shape index (κ1) is 15.9. The lowest BCUT2D eigenvalue weighted by Crippen LogP contribution is -2.04. The van der Waals surface area contributed by atoms with E-state index >= 15 is 0 Å². The molecule has 0 radical (unpaired) electrons. The Morgan fingerprint density at radius 3 is 2.36 bits per heavy atom. The Balaban J connectivity index is 2.40. The average Bonchev–Trinajstić information content (AvgIpc) is 2.39. The van der Waals surface area contributed by atoms with Crippen LogP contribution in [0.3, 0.4) is 0 Å². The first-order valence-corrected chi connectivity index (χ1v) is 6.08. The summed E-state index contributed by atoms with van der Waals surface area (Å²) in [5.74, 6) is -0.848. The summed E-state index contributed by atoms with van der Waals surface area (Å²) in [6.45, 7) is 0. The van der Waals surface area contributed by atoms with E-state index in [1.54, 1.807) is 0 Å². The fraction of sp³-hybridized carbons (Fsp3) is 0.0769. The number of alkyl halides is 3. The molecule has 2 aromatic rings. The van der Waals surface area contributed by atoms with Crippen LogP contribution in [-0.2, 0) is 6.18 Å². The highest BCUT2D eigenvalue weighted by Crippen LogP contribution is 2.39. The molecule has 2 rings (SSSR count). The lowest BCUT2D eigenvalue weighted by molar-refractivity contribution is -0.385. The van der Waals surface area contributed by atoms with Crippen molar-refractivity contribution in [2.24, 2.45) is 0 Å². The van der Waals surface area contributed by atoms with Crippen molar-refractivity contribution in [2.75, 3.05) is 0 Å². The highest BCUT2D eigenvalue weighted by molar-refractivity contribution is 6.32. The van der Waals surface area contributed by atoms with Crippen molar-refractivity contribution in [3.8, 4) is 17.2 Å². The van der Waals surface area contributed by atoms with Gasteiger partial charge in [0.25, 0.3) is 0 Å². The molecule has 9 heteroatoms. The molecule has 0 spiro atoms. The van der Waals surface area contributed by atoms with Gasteiger partial charge in [0, 0.05) is 12.1 Å². The normalized spacial score (nSPS) is 11.3. The predicted molar refractivity (Wildman–Crippen MR) is 71.3 cm³/mol. The van der Waals surface area contributed by atoms with Gasteiger partial charge in [0.15, 0.2) is 0 Å². The standard InChI is InChI=1S/C13H7ClF3NO4/c14-9-5-7(13(15,16)17)1-4-11(9)22-12-6-8(19)2-3-10(12)18(20)21/h1-6,19H. The maximum atomic E-state index is 12.5. The fourth-order valence-corrected chi connectivity index (χ4v) is 1.83. The van der Waals surface area contributed by atoms with Crippen molar-refractivity contribution in [3.05, 3.63) is 57.1 Å². The summed E-state index contributed by atoms with van der Waals surface area (Å²) in [5, 5.41) is 19.8. The van der Waals surface area contributed by atoms with Crippen molar-refractivity contribution in [1.29, 1.82) is 0 Å². The number of halogens is 4. The number of nitro benzene ring substituents is 1. The lowest BCUT2D eigenvalue weighted by atomic mass is 10.2. The van der Waals surface area contributed by atoms with Gasteiger partial charge in [-0.2, -0.15) is 13.2 Å². The van der Waals surface area contributed by atoms with E-state index < -0.39 is 22.4 Å². The zero-order chi connectivity index (χ0) is 16.5. The molecule has 0 saturated heterocycles. The Morgan fingerprint density at radius 2 is 1.82 bits per heavy atom. The van der Waals surface area contributed by atoms with Crippen LogP contribution >= 0.6 is 11.6 Å². The quantitative estimate of drug-likeness (QED) is 0.649. The molecule has 1 N–H and O–H groups in total. The van der Waals surface area contributed by atoms with Crippen LogP contribution in [0.4, 0.5) is 18.9 Å². The van der Waals surface area contributed by atoms with Gasteiger partial charge in [-0.1, -0.05) is 11.6 Å². The van der Waals surface area contributed by atoms with Gasteiger partial charge >= 0.3 is 11.9 Å². The minimum absolute atomic E-state index is 0.205. The van der Waals surface area contributed by atoms with Crippen LogP contribution in [-0.4, -0.2) is 10.0 Å². The zero-order valence-corrected chi connectivity index (χ0v) is 11.4. The van der Waals surface area contributed by atoms with Gasteiger partial charge in [-0.25, -0.2) is 0 Å². The molecule has 0 unspecified atom stereocenters. The molecule has 0 amide bonds. The van der Waals surface area contributed by atoms with E-state index in [2.05, 4.69) is 0 Å². The van der Waals surface area contributed by atoms with Gasteiger partial charge in [-0.05, 0) is 24.3 Å². The Labute approximate surface area is 126 Å². The van der Waals surface area contributed by atoms with Crippen molar-refractivity contribution >= 4 is 17.3 Å². The van der Waals surface area contributed by atoms with Gasteiger partial charge in [0.1, 0.15) is 11.5 Å². The maximum Gasteiger partial charge on any atom is 0.416 e. The Bertz CT molecular complexity index is 734. The van der Waals surface area contributed by atoms with Crippen LogP contribution in [0, 0.1) is 10.1 Å². The largest absolute Gasteiger partial charge is 0.508 e. The first-order chi connectivity index (χ1) is 10.2. The number of hydrogen-bond acceptors (Lipinski definition) is 4. The molecular formula is C13H7ClF3NO4. The van der Waals surface area contributed by atoms with Gasteiger partial charge in [0.05, 0.1) is 15.5 Å². The summed E-state index contributed by atoms with van der Waals surface area (Å²) in [6.07, 6.45) is -4.57. The summed E-state index contributed by atoms with van der Waals surface area (Å²) in [4.78, 5) is 10.1. The minimum atomic E-state index is -4.57. The number of phenolic OH excluding ortho intramolecular Hbond substituents is 1. The van der Waals surface area contributed by atoms with Crippen LogP contribution in [0.5, 0.6) is 17.2 Å². The first-order valence-electron chi connectivity index (χ1n) is 5.70. The number of nitro groups is 1. The van der Waals surface area contributed by atoms with E-state index in [0.717, 1.165) is 30.3 Å². The van der Waals surface area contributed by atoms with Crippen LogP contribution < -0.4 is 4.74 Å². The smallest absolute Gasteiger partial charge is 0.416 e. The summed E-state index contributed by atoms with van der Waals surface area (Å²) >= 11 is 5.70. The molecule has 0 bridgehead atoms. The van der Waals surface area contributed by atoms with Crippen LogP contribution in [0.2, 0.25) is 5.02 Å². The molecule has 0 atom stereocenters. The monoisotopic (exact) mass is 333 g/mol. The fourth-order valence-electron chi connectivity index (χ4n) is 1.61. The highest BCUT2D eigenvalue weighted by Gasteiger charge is 2.31. The van der Waals surface area contributed by atoms with E-state index in [-0.39, 0.29) is 22.3 Å². The van der Waals surface area contributed by atoms with Gasteiger partial charge in [-0.3, -0.25) is 10.1 Å². The summed E-state index contributed by atoms with van der Waals surface area (Å²) in [5.41, 5.74) is -1.44. The van der Waals surface area contributed by atoms with E-state index in [1.165, 1.54) is 0 Å². The van der Waals surface area contributed by atoms with E-state index in [0.29, 0.717) is 6.07 Å². The number of benzene rings is 2. The SMILES string of the molecule is O=[N+]([O-])c1ccc(O)cc1Oc1ccc(C(F)(F)F)cc1Cl. The van der Waals surface area contributed by atoms with Crippen molar-refractivity contribution in [2.45, 2.75) is 6.18 Å². The molecular weight excluding hydrogens is 327 g/mol. The molecule has 0 aliphatic carbocycles. The lowest BCUT2D eigenvalue weighted by Gasteiger charge is -2.11. The number of ether oxygens (including phenoxy) is 1. The molecule has 0 fully saturated rings. The molecule has 0 heterocycles. The molecule has 0 aromatic heterocycles. The molecule has 0 saturated carbocycles. The molecule has 2 aromatic carbocycles. The second-order valence-corrected chi connectivity index (χ2v) is 4.56. The molecule has 0 aliphatic heterocycles. The Kier molecular flexibility index (Phi) is 4.14. The molecule has 0 aliphatic rings. The van der Waals surface area contributed by atoms with Crippen molar-refractivity contribution in [3.63, 3.8) is 0 Å². The van der Waals surface area contributed by atoms with Crippen LogP contribution in [0.15, 0.2) is 36.4 Å². The summed E-state index contributed by atoms with van der Waals surface area (Å²) in [7, 11) is 0. The van der Waals surface area contributed by atoms with Gasteiger partial charge in [0.2, 0.25) is 5.75 Å². The third-order valence-corrected chi connectivity index (χ3v) is 2.91. The number of phenols is 1. The molecule has 5 nitrogen and oxygen atoms in total. The van der Waals surface area contributed by atoms with E-state index in [9.17, 15) is 28.4 Å². The van der Waals surface area contributed by atoms with Gasteiger partial charge in [-0.15, -0.1) is 0 Å². The van der Waals surface area contributed by atoms with Crippen LogP contribution in [0.1, 0.15) is 5.56 Å². The second-order valence-electron chi connectivity index (χ2n) is 4.15. The Hall–Kier alpha value is -2.48. The molecule has 116 valence electrons. The van der Waals surface area contributed by atoms with Gasteiger partial charge < -0.3 is 9.84 Å². The predicted octanol–water partition coefficient (Wildman–Crippen LogP) is 4.76. The minimum Gasteiger partial charge on any atom is -0.508 e. The highest BCUT2D eigenvalue weighted by atomic mass is 35.5.